The molecule has 0 spiro atoms. The standard InChI is InChI=1S/C13H8BrClF3NO2/c14-9-1-2-11(12(4-9)21-13(16,17)18)20-7-8-3-10(15)6-19-5-8/h1-6H,7H2. The number of pyridine rings is 1. The largest absolute Gasteiger partial charge is 0.573 e. The molecule has 2 rings (SSSR count). The quantitative estimate of drug-likeness (QED) is 0.748. The minimum absolute atomic E-state index is 0.0173. The Morgan fingerprint density at radius 2 is 1.90 bits per heavy atom. The second-order valence-corrected chi connectivity index (χ2v) is 5.29. The van der Waals surface area contributed by atoms with E-state index in [-0.39, 0.29) is 12.4 Å². The van der Waals surface area contributed by atoms with Crippen molar-refractivity contribution in [1.82, 2.24) is 4.98 Å². The van der Waals surface area contributed by atoms with Crippen molar-refractivity contribution in [2.24, 2.45) is 0 Å². The zero-order valence-electron chi connectivity index (χ0n) is 10.3. The Labute approximate surface area is 131 Å². The summed E-state index contributed by atoms with van der Waals surface area (Å²) in [7, 11) is 0. The van der Waals surface area contributed by atoms with Gasteiger partial charge in [0, 0.05) is 22.4 Å². The first-order chi connectivity index (χ1) is 9.83. The number of nitrogens with zero attached hydrogens (tertiary/aromatic N) is 1. The summed E-state index contributed by atoms with van der Waals surface area (Å²) in [6.45, 7) is 0.0173. The third-order valence-corrected chi connectivity index (χ3v) is 2.99. The molecule has 0 aliphatic rings. The van der Waals surface area contributed by atoms with Crippen LogP contribution in [0.25, 0.3) is 0 Å². The number of rotatable bonds is 4. The molecule has 0 unspecified atom stereocenters. The van der Waals surface area contributed by atoms with Gasteiger partial charge in [0.15, 0.2) is 11.5 Å². The topological polar surface area (TPSA) is 31.4 Å². The number of alkyl halides is 3. The van der Waals surface area contributed by atoms with Crippen LogP contribution in [0, 0.1) is 0 Å². The lowest BCUT2D eigenvalue weighted by molar-refractivity contribution is -0.275. The molecule has 0 radical (unpaired) electrons. The molecule has 1 aromatic carbocycles. The SMILES string of the molecule is FC(F)(F)Oc1cc(Br)ccc1OCc1cncc(Cl)c1. The van der Waals surface area contributed by atoms with Crippen LogP contribution >= 0.6 is 27.5 Å². The first-order valence-electron chi connectivity index (χ1n) is 5.61. The number of ether oxygens (including phenoxy) is 2. The molecule has 1 aromatic heterocycles. The van der Waals surface area contributed by atoms with Crippen LogP contribution in [0.5, 0.6) is 11.5 Å². The molecule has 0 saturated heterocycles. The highest BCUT2D eigenvalue weighted by Crippen LogP contribution is 2.35. The maximum Gasteiger partial charge on any atom is 0.573 e. The first-order valence-corrected chi connectivity index (χ1v) is 6.78. The van der Waals surface area contributed by atoms with Crippen molar-refractivity contribution in [2.45, 2.75) is 13.0 Å². The predicted octanol–water partition coefficient (Wildman–Crippen LogP) is 4.98. The van der Waals surface area contributed by atoms with Gasteiger partial charge in [-0.3, -0.25) is 4.98 Å². The Morgan fingerprint density at radius 3 is 2.57 bits per heavy atom. The molecule has 112 valence electrons. The average molecular weight is 383 g/mol. The third-order valence-electron chi connectivity index (χ3n) is 2.29. The second-order valence-electron chi connectivity index (χ2n) is 3.94. The van der Waals surface area contributed by atoms with E-state index < -0.39 is 12.1 Å². The fourth-order valence-corrected chi connectivity index (χ4v) is 2.04. The summed E-state index contributed by atoms with van der Waals surface area (Å²) in [5.74, 6) is -0.456. The van der Waals surface area contributed by atoms with Gasteiger partial charge >= 0.3 is 6.36 Å². The number of hydrogen-bond acceptors (Lipinski definition) is 3. The Kier molecular flexibility index (Phi) is 4.95. The fourth-order valence-electron chi connectivity index (χ4n) is 1.50. The number of aromatic nitrogens is 1. The van der Waals surface area contributed by atoms with Crippen molar-refractivity contribution in [3.8, 4) is 11.5 Å². The molecular weight excluding hydrogens is 374 g/mol. The van der Waals surface area contributed by atoms with Crippen molar-refractivity contribution >= 4 is 27.5 Å². The zero-order valence-corrected chi connectivity index (χ0v) is 12.7. The van der Waals surface area contributed by atoms with Gasteiger partial charge in [-0.15, -0.1) is 13.2 Å². The highest BCUT2D eigenvalue weighted by molar-refractivity contribution is 9.10. The maximum atomic E-state index is 12.3. The van der Waals surface area contributed by atoms with Crippen LogP contribution in [0.1, 0.15) is 5.56 Å². The van der Waals surface area contributed by atoms with Gasteiger partial charge in [0.25, 0.3) is 0 Å². The molecule has 0 saturated carbocycles. The molecule has 21 heavy (non-hydrogen) atoms. The van der Waals surface area contributed by atoms with Crippen LogP contribution in [0.3, 0.4) is 0 Å². The maximum absolute atomic E-state index is 12.3. The van der Waals surface area contributed by atoms with E-state index in [1.54, 1.807) is 12.1 Å². The van der Waals surface area contributed by atoms with Crippen LogP contribution in [0.4, 0.5) is 13.2 Å². The van der Waals surface area contributed by atoms with Gasteiger partial charge in [0.2, 0.25) is 0 Å². The average Bonchev–Trinajstić information content (AvgIpc) is 2.36. The van der Waals surface area contributed by atoms with Crippen molar-refractivity contribution in [3.63, 3.8) is 0 Å². The van der Waals surface area contributed by atoms with E-state index in [1.807, 2.05) is 0 Å². The van der Waals surface area contributed by atoms with E-state index in [1.165, 1.54) is 24.5 Å². The lowest BCUT2D eigenvalue weighted by Gasteiger charge is -2.14. The molecule has 0 aliphatic heterocycles. The van der Waals surface area contributed by atoms with Crippen LogP contribution in [0.2, 0.25) is 5.02 Å². The highest BCUT2D eigenvalue weighted by atomic mass is 79.9. The Balaban J connectivity index is 2.15. The summed E-state index contributed by atoms with van der Waals surface area (Å²) >= 11 is 8.85. The molecular formula is C13H8BrClF3NO2. The molecule has 0 N–H and O–H groups in total. The number of benzene rings is 1. The Hall–Kier alpha value is -1.47. The molecule has 0 amide bonds. The highest BCUT2D eigenvalue weighted by Gasteiger charge is 2.32. The van der Waals surface area contributed by atoms with E-state index in [0.29, 0.717) is 15.1 Å². The second kappa shape index (κ2) is 6.53. The zero-order chi connectivity index (χ0) is 15.5. The summed E-state index contributed by atoms with van der Waals surface area (Å²) < 4.78 is 46.8. The van der Waals surface area contributed by atoms with Crippen LogP contribution in [-0.2, 0) is 6.61 Å². The van der Waals surface area contributed by atoms with Crippen molar-refractivity contribution < 1.29 is 22.6 Å². The first kappa shape index (κ1) is 15.9. The van der Waals surface area contributed by atoms with Crippen LogP contribution in [0.15, 0.2) is 41.1 Å². The van der Waals surface area contributed by atoms with E-state index in [2.05, 4.69) is 25.7 Å². The molecule has 0 atom stereocenters. The van der Waals surface area contributed by atoms with Gasteiger partial charge in [0.1, 0.15) is 6.61 Å². The summed E-state index contributed by atoms with van der Waals surface area (Å²) in [6.07, 6.45) is -1.84. The smallest absolute Gasteiger partial charge is 0.485 e. The van der Waals surface area contributed by atoms with E-state index >= 15 is 0 Å². The van der Waals surface area contributed by atoms with Gasteiger partial charge < -0.3 is 9.47 Å². The number of halogens is 5. The molecule has 0 bridgehead atoms. The molecule has 1 heterocycles. The Morgan fingerprint density at radius 1 is 1.14 bits per heavy atom. The van der Waals surface area contributed by atoms with E-state index in [4.69, 9.17) is 16.3 Å². The van der Waals surface area contributed by atoms with Gasteiger partial charge in [-0.05, 0) is 24.3 Å². The molecule has 2 aromatic rings. The molecule has 8 heteroatoms. The minimum atomic E-state index is -4.80. The van der Waals surface area contributed by atoms with Crippen LogP contribution < -0.4 is 9.47 Å². The predicted molar refractivity (Wildman–Crippen MR) is 74.4 cm³/mol. The summed E-state index contributed by atoms with van der Waals surface area (Å²) in [6, 6.07) is 5.72. The van der Waals surface area contributed by atoms with Crippen LogP contribution in [-0.4, -0.2) is 11.3 Å². The normalized spacial score (nSPS) is 11.3. The van der Waals surface area contributed by atoms with Gasteiger partial charge in [-0.2, -0.15) is 0 Å². The van der Waals surface area contributed by atoms with Crippen molar-refractivity contribution in [1.29, 1.82) is 0 Å². The third kappa shape index (κ3) is 5.09. The fraction of sp³-hybridized carbons (Fsp3) is 0.154. The lowest BCUT2D eigenvalue weighted by Crippen LogP contribution is -2.17. The minimum Gasteiger partial charge on any atom is -0.485 e. The Bertz CT molecular complexity index is 637. The molecule has 0 fully saturated rings. The van der Waals surface area contributed by atoms with Gasteiger partial charge in [0.05, 0.1) is 5.02 Å². The van der Waals surface area contributed by atoms with E-state index in [9.17, 15) is 13.2 Å². The van der Waals surface area contributed by atoms with Crippen molar-refractivity contribution in [2.75, 3.05) is 0 Å². The summed E-state index contributed by atoms with van der Waals surface area (Å²) in [4.78, 5) is 3.86. The molecule has 3 nitrogen and oxygen atoms in total. The van der Waals surface area contributed by atoms with Gasteiger partial charge in [-0.25, -0.2) is 0 Å². The summed E-state index contributed by atoms with van der Waals surface area (Å²) in [5.41, 5.74) is 0.628. The summed E-state index contributed by atoms with van der Waals surface area (Å²) in [5, 5.41) is 0.415. The number of hydrogen-bond donors (Lipinski definition) is 0. The van der Waals surface area contributed by atoms with E-state index in [0.717, 1.165) is 0 Å². The van der Waals surface area contributed by atoms with Gasteiger partial charge in [-0.1, -0.05) is 27.5 Å². The van der Waals surface area contributed by atoms with Crippen molar-refractivity contribution in [3.05, 3.63) is 51.7 Å². The monoisotopic (exact) mass is 381 g/mol. The molecule has 0 aliphatic carbocycles. The lowest BCUT2D eigenvalue weighted by atomic mass is 10.3.